The molecule has 0 aliphatic heterocycles. The van der Waals surface area contributed by atoms with E-state index in [1.54, 1.807) is 0 Å². The highest BCUT2D eigenvalue weighted by atomic mass is 35.5. The maximum Gasteiger partial charge on any atom is 0.281 e. The van der Waals surface area contributed by atoms with Crippen LogP contribution >= 0.6 is 11.6 Å². The Labute approximate surface area is 122 Å². The summed E-state index contributed by atoms with van der Waals surface area (Å²) in [5.41, 5.74) is 3.53. The van der Waals surface area contributed by atoms with Crippen LogP contribution in [0.1, 0.15) is 35.4 Å². The molecule has 1 aliphatic carbocycles. The van der Waals surface area contributed by atoms with Gasteiger partial charge in [0.15, 0.2) is 10.9 Å². The molecular weight excluding hydrogens is 276 g/mol. The van der Waals surface area contributed by atoms with Gasteiger partial charge < -0.3 is 9.84 Å². The third-order valence-electron chi connectivity index (χ3n) is 3.40. The summed E-state index contributed by atoms with van der Waals surface area (Å²) in [6, 6.07) is 5.44. The topological polar surface area (TPSA) is 55.2 Å². The summed E-state index contributed by atoms with van der Waals surface area (Å²) in [5.74, 6) is 1.28. The zero-order valence-electron chi connectivity index (χ0n) is 11.4. The molecule has 0 atom stereocenters. The number of aromatic nitrogens is 2. The van der Waals surface area contributed by atoms with E-state index in [4.69, 9.17) is 16.3 Å². The van der Waals surface area contributed by atoms with E-state index in [9.17, 15) is 5.11 Å². The van der Waals surface area contributed by atoms with Crippen molar-refractivity contribution in [3.05, 3.63) is 40.0 Å². The van der Waals surface area contributed by atoms with Gasteiger partial charge in [-0.25, -0.2) is 0 Å². The van der Waals surface area contributed by atoms with Gasteiger partial charge in [0.25, 0.3) is 5.88 Å². The molecule has 5 heteroatoms. The number of benzene rings is 1. The Hall–Kier alpha value is -1.81. The lowest BCUT2D eigenvalue weighted by molar-refractivity contribution is 0.389. The summed E-state index contributed by atoms with van der Waals surface area (Å²) in [6.45, 7) is 4.10. The monoisotopic (exact) mass is 290 g/mol. The number of rotatable bonds is 3. The number of nitrogens with zero attached hydrogens (tertiary/aromatic N) is 2. The van der Waals surface area contributed by atoms with Crippen molar-refractivity contribution in [1.29, 1.82) is 0 Å². The lowest BCUT2D eigenvalue weighted by Crippen LogP contribution is -1.97. The van der Waals surface area contributed by atoms with Gasteiger partial charge in [-0.1, -0.05) is 17.7 Å². The molecule has 0 radical (unpaired) electrons. The van der Waals surface area contributed by atoms with Crippen LogP contribution in [0.5, 0.6) is 17.4 Å². The first-order chi connectivity index (χ1) is 9.54. The Morgan fingerprint density at radius 1 is 1.20 bits per heavy atom. The molecule has 0 bridgehead atoms. The molecule has 0 saturated heterocycles. The molecule has 1 saturated carbocycles. The van der Waals surface area contributed by atoms with Gasteiger partial charge in [-0.3, -0.25) is 0 Å². The number of hydrogen-bond acceptors (Lipinski definition) is 4. The smallest absolute Gasteiger partial charge is 0.281 e. The summed E-state index contributed by atoms with van der Waals surface area (Å²) in [4.78, 5) is 0. The minimum atomic E-state index is -0.106. The second kappa shape index (κ2) is 4.94. The van der Waals surface area contributed by atoms with Crippen LogP contribution in [-0.4, -0.2) is 15.3 Å². The Kier molecular flexibility index (Phi) is 3.26. The van der Waals surface area contributed by atoms with Gasteiger partial charge in [-0.05, 0) is 49.8 Å². The minimum Gasteiger partial charge on any atom is -0.503 e. The molecule has 1 N–H and O–H groups in total. The number of aryl methyl sites for hydroxylation is 2. The first kappa shape index (κ1) is 13.2. The normalized spacial score (nSPS) is 14.3. The fourth-order valence-corrected chi connectivity index (χ4v) is 2.59. The summed E-state index contributed by atoms with van der Waals surface area (Å²) in [6.07, 6.45) is 2.36. The molecular formula is C15H15ClN2O2. The predicted molar refractivity (Wildman–Crippen MR) is 76.7 cm³/mol. The van der Waals surface area contributed by atoms with Crippen LogP contribution < -0.4 is 4.74 Å². The first-order valence-corrected chi connectivity index (χ1v) is 6.93. The molecule has 0 unspecified atom stereocenters. The molecule has 20 heavy (non-hydrogen) atoms. The van der Waals surface area contributed by atoms with E-state index < -0.39 is 0 Å². The summed E-state index contributed by atoms with van der Waals surface area (Å²) in [5, 5.41) is 17.5. The van der Waals surface area contributed by atoms with Crippen molar-refractivity contribution in [2.45, 2.75) is 32.6 Å². The van der Waals surface area contributed by atoms with E-state index in [1.165, 1.54) is 30.0 Å². The van der Waals surface area contributed by atoms with Crippen LogP contribution in [-0.2, 0) is 0 Å². The first-order valence-electron chi connectivity index (χ1n) is 6.56. The van der Waals surface area contributed by atoms with Gasteiger partial charge in [0.05, 0.1) is 0 Å². The highest BCUT2D eigenvalue weighted by Gasteiger charge is 2.29. The van der Waals surface area contributed by atoms with E-state index in [-0.39, 0.29) is 16.8 Å². The van der Waals surface area contributed by atoms with Crippen molar-refractivity contribution in [2.75, 3.05) is 0 Å². The third kappa shape index (κ3) is 2.56. The number of aromatic hydroxyl groups is 1. The third-order valence-corrected chi connectivity index (χ3v) is 3.58. The molecule has 2 aromatic rings. The molecule has 1 aromatic carbocycles. The predicted octanol–water partition coefficient (Wildman–Crippen LogP) is 4.12. The average Bonchev–Trinajstić information content (AvgIpc) is 3.16. The van der Waals surface area contributed by atoms with Gasteiger partial charge in [0.1, 0.15) is 5.75 Å². The van der Waals surface area contributed by atoms with Crippen molar-refractivity contribution in [2.24, 2.45) is 0 Å². The van der Waals surface area contributed by atoms with Crippen molar-refractivity contribution >= 4 is 11.6 Å². The van der Waals surface area contributed by atoms with Crippen LogP contribution in [0.15, 0.2) is 18.2 Å². The van der Waals surface area contributed by atoms with Gasteiger partial charge in [-0.15, -0.1) is 10.2 Å². The Balaban J connectivity index is 2.01. The fourth-order valence-electron chi connectivity index (χ4n) is 2.44. The molecule has 0 spiro atoms. The van der Waals surface area contributed by atoms with Crippen molar-refractivity contribution in [1.82, 2.24) is 10.2 Å². The fraction of sp³-hybridized carbons (Fsp3) is 0.333. The Morgan fingerprint density at radius 3 is 2.60 bits per heavy atom. The Bertz CT molecular complexity index is 669. The van der Waals surface area contributed by atoms with Gasteiger partial charge in [0, 0.05) is 11.6 Å². The van der Waals surface area contributed by atoms with E-state index in [0.717, 1.165) is 11.3 Å². The van der Waals surface area contributed by atoms with Crippen molar-refractivity contribution < 1.29 is 9.84 Å². The second-order valence-corrected chi connectivity index (χ2v) is 5.61. The zero-order valence-corrected chi connectivity index (χ0v) is 12.1. The summed E-state index contributed by atoms with van der Waals surface area (Å²) < 4.78 is 5.78. The van der Waals surface area contributed by atoms with E-state index >= 15 is 0 Å². The van der Waals surface area contributed by atoms with Crippen LogP contribution in [0, 0.1) is 13.8 Å². The number of ether oxygens (including phenoxy) is 1. The van der Waals surface area contributed by atoms with E-state index in [2.05, 4.69) is 23.2 Å². The molecule has 1 heterocycles. The van der Waals surface area contributed by atoms with Crippen molar-refractivity contribution in [3.8, 4) is 17.4 Å². The largest absolute Gasteiger partial charge is 0.503 e. The molecule has 1 fully saturated rings. The molecule has 1 aliphatic rings. The quantitative estimate of drug-likeness (QED) is 0.924. The average molecular weight is 291 g/mol. The summed E-state index contributed by atoms with van der Waals surface area (Å²) >= 11 is 5.67. The highest BCUT2D eigenvalue weighted by Crippen LogP contribution is 2.47. The van der Waals surface area contributed by atoms with Crippen molar-refractivity contribution in [3.63, 3.8) is 0 Å². The van der Waals surface area contributed by atoms with Crippen LogP contribution in [0.4, 0.5) is 0 Å². The molecule has 4 nitrogen and oxygen atoms in total. The standard InChI is InChI=1S/C15H15ClN2O2/c1-8-5-9(2)14(10-3-4-10)12(6-8)20-15-11(19)7-13(16)17-18-15/h5-7,10H,3-4H2,1-2H3,(H,17,19). The second-order valence-electron chi connectivity index (χ2n) is 5.23. The summed E-state index contributed by atoms with van der Waals surface area (Å²) in [7, 11) is 0. The highest BCUT2D eigenvalue weighted by molar-refractivity contribution is 6.29. The van der Waals surface area contributed by atoms with Crippen LogP contribution in [0.25, 0.3) is 0 Å². The molecule has 0 amide bonds. The minimum absolute atomic E-state index is 0.0845. The number of hydrogen-bond donors (Lipinski definition) is 1. The lowest BCUT2D eigenvalue weighted by Gasteiger charge is -2.14. The van der Waals surface area contributed by atoms with E-state index in [0.29, 0.717) is 5.92 Å². The molecule has 3 rings (SSSR count). The van der Waals surface area contributed by atoms with Gasteiger partial charge >= 0.3 is 0 Å². The van der Waals surface area contributed by atoms with Gasteiger partial charge in [-0.2, -0.15) is 0 Å². The van der Waals surface area contributed by atoms with Crippen LogP contribution in [0.2, 0.25) is 5.15 Å². The molecule has 1 aromatic heterocycles. The van der Waals surface area contributed by atoms with Crippen LogP contribution in [0.3, 0.4) is 0 Å². The number of halogens is 1. The van der Waals surface area contributed by atoms with E-state index in [1.807, 2.05) is 13.0 Å². The SMILES string of the molecule is Cc1cc(C)c(C2CC2)c(Oc2nnc(Cl)cc2O)c1. The van der Waals surface area contributed by atoms with Gasteiger partial charge in [0.2, 0.25) is 0 Å². The maximum atomic E-state index is 9.82. The zero-order chi connectivity index (χ0) is 14.3. The maximum absolute atomic E-state index is 9.82. The Morgan fingerprint density at radius 2 is 1.95 bits per heavy atom. The lowest BCUT2D eigenvalue weighted by atomic mass is 10.0. The molecule has 104 valence electrons.